The van der Waals surface area contributed by atoms with Crippen LogP contribution in [0.2, 0.25) is 5.02 Å². The van der Waals surface area contributed by atoms with Crippen molar-refractivity contribution in [1.29, 1.82) is 0 Å². The second-order valence-electron chi connectivity index (χ2n) is 9.42. The number of halogens is 1. The van der Waals surface area contributed by atoms with Crippen LogP contribution in [0, 0.1) is 12.3 Å². The van der Waals surface area contributed by atoms with E-state index < -0.39 is 22.8 Å². The zero-order chi connectivity index (χ0) is 26.2. The third-order valence-electron chi connectivity index (χ3n) is 6.23. The van der Waals surface area contributed by atoms with Crippen LogP contribution in [0.1, 0.15) is 25.1 Å². The molecule has 2 aromatic heterocycles. The van der Waals surface area contributed by atoms with E-state index in [4.69, 9.17) is 16.3 Å². The van der Waals surface area contributed by atoms with Crippen molar-refractivity contribution in [3.05, 3.63) is 85.8 Å². The highest BCUT2D eigenvalue weighted by Crippen LogP contribution is 2.24. The maximum atomic E-state index is 13.6. The lowest BCUT2D eigenvalue weighted by Crippen LogP contribution is -2.46. The Morgan fingerprint density at radius 2 is 1.78 bits per heavy atom. The van der Waals surface area contributed by atoms with Crippen LogP contribution in [0.15, 0.2) is 58.1 Å². The number of benzene rings is 2. The van der Waals surface area contributed by atoms with Crippen LogP contribution in [-0.2, 0) is 29.7 Å². The van der Waals surface area contributed by atoms with Crippen molar-refractivity contribution in [2.75, 3.05) is 12.4 Å². The SMILES string of the molecule is COC(=O)C(C)(C)Cn1c(=O)nc(Nc2ccc3c(c2)cc(C)n3C)n(Cc2ccc(Cl)cc2)c1=O. The highest BCUT2D eigenvalue weighted by molar-refractivity contribution is 6.30. The van der Waals surface area contributed by atoms with E-state index >= 15 is 0 Å². The maximum absolute atomic E-state index is 13.6. The number of aryl methyl sites for hydroxylation is 2. The fourth-order valence-electron chi connectivity index (χ4n) is 4.11. The van der Waals surface area contributed by atoms with Crippen molar-refractivity contribution < 1.29 is 9.53 Å². The normalized spacial score (nSPS) is 11.6. The third-order valence-corrected chi connectivity index (χ3v) is 6.49. The van der Waals surface area contributed by atoms with Crippen LogP contribution in [0.25, 0.3) is 10.9 Å². The monoisotopic (exact) mass is 509 g/mol. The van der Waals surface area contributed by atoms with E-state index in [2.05, 4.69) is 20.9 Å². The van der Waals surface area contributed by atoms with Gasteiger partial charge in [-0.3, -0.25) is 9.36 Å². The standard InChI is InChI=1S/C26H28ClN5O4/c1-16-12-18-13-20(10-11-21(18)30(16)4)28-23-29-24(34)32(15-26(2,3)22(33)36-5)25(35)31(23)14-17-6-8-19(27)9-7-17/h6-13H,14-15H2,1-5H3,(H,28,29,34). The molecule has 0 bridgehead atoms. The summed E-state index contributed by atoms with van der Waals surface area (Å²) in [5.41, 5.74) is 1.17. The number of carbonyl (C=O) groups is 1. The molecule has 0 atom stereocenters. The predicted molar refractivity (Wildman–Crippen MR) is 140 cm³/mol. The van der Waals surface area contributed by atoms with Crippen molar-refractivity contribution in [1.82, 2.24) is 18.7 Å². The Hall–Kier alpha value is -3.85. The largest absolute Gasteiger partial charge is 0.469 e. The minimum absolute atomic E-state index is 0.0964. The molecule has 4 rings (SSSR count). The molecule has 0 saturated heterocycles. The van der Waals surface area contributed by atoms with E-state index in [0.717, 1.165) is 26.7 Å². The minimum Gasteiger partial charge on any atom is -0.469 e. The molecule has 2 aromatic carbocycles. The molecule has 0 spiro atoms. The zero-order valence-corrected chi connectivity index (χ0v) is 21.6. The van der Waals surface area contributed by atoms with Gasteiger partial charge in [-0.2, -0.15) is 4.98 Å². The molecule has 0 unspecified atom stereocenters. The molecule has 0 aliphatic carbocycles. The molecule has 0 saturated carbocycles. The molecule has 1 N–H and O–H groups in total. The van der Waals surface area contributed by atoms with Gasteiger partial charge in [-0.25, -0.2) is 14.2 Å². The number of fused-ring (bicyclic) bond motifs is 1. The number of aromatic nitrogens is 4. The number of anilines is 2. The highest BCUT2D eigenvalue weighted by atomic mass is 35.5. The van der Waals surface area contributed by atoms with E-state index in [1.807, 2.05) is 32.2 Å². The fourth-order valence-corrected chi connectivity index (χ4v) is 4.23. The first-order valence-corrected chi connectivity index (χ1v) is 11.8. The second kappa shape index (κ2) is 9.66. The summed E-state index contributed by atoms with van der Waals surface area (Å²) < 4.78 is 9.26. The van der Waals surface area contributed by atoms with Crippen LogP contribution in [0.4, 0.5) is 11.6 Å². The van der Waals surface area contributed by atoms with Crippen LogP contribution >= 0.6 is 11.6 Å². The molecule has 0 amide bonds. The van der Waals surface area contributed by atoms with Gasteiger partial charge >= 0.3 is 17.3 Å². The van der Waals surface area contributed by atoms with Crippen molar-refractivity contribution in [2.45, 2.75) is 33.9 Å². The number of ether oxygens (including phenoxy) is 1. The van der Waals surface area contributed by atoms with Gasteiger partial charge in [0.1, 0.15) is 0 Å². The van der Waals surface area contributed by atoms with E-state index in [1.165, 1.54) is 11.7 Å². The number of rotatable bonds is 7. The highest BCUT2D eigenvalue weighted by Gasteiger charge is 2.31. The van der Waals surface area contributed by atoms with Crippen molar-refractivity contribution in [3.8, 4) is 0 Å². The van der Waals surface area contributed by atoms with Crippen LogP contribution in [-0.4, -0.2) is 31.8 Å². The zero-order valence-electron chi connectivity index (χ0n) is 20.8. The molecule has 4 aromatic rings. The Bertz CT molecular complexity index is 1560. The fraction of sp³-hybridized carbons (Fsp3) is 0.308. The Morgan fingerprint density at radius 3 is 2.44 bits per heavy atom. The first-order chi connectivity index (χ1) is 17.0. The maximum Gasteiger partial charge on any atom is 0.354 e. The molecule has 9 nitrogen and oxygen atoms in total. The van der Waals surface area contributed by atoms with Crippen molar-refractivity contribution >= 4 is 40.1 Å². The Balaban J connectivity index is 1.81. The number of nitrogens with zero attached hydrogens (tertiary/aromatic N) is 4. The molecule has 0 aliphatic rings. The molecule has 10 heteroatoms. The molecular formula is C26H28ClN5O4. The molecular weight excluding hydrogens is 482 g/mol. The average molecular weight is 510 g/mol. The number of esters is 1. The average Bonchev–Trinajstić information content (AvgIpc) is 3.12. The minimum atomic E-state index is -1.11. The number of methoxy groups -OCH3 is 1. The van der Waals surface area contributed by atoms with Crippen LogP contribution < -0.4 is 16.7 Å². The smallest absolute Gasteiger partial charge is 0.354 e. The van der Waals surface area contributed by atoms with Gasteiger partial charge in [-0.15, -0.1) is 0 Å². The second-order valence-corrected chi connectivity index (χ2v) is 9.85. The van der Waals surface area contributed by atoms with Gasteiger partial charge in [0.2, 0.25) is 5.95 Å². The number of nitrogens with one attached hydrogen (secondary N) is 1. The Kier molecular flexibility index (Phi) is 6.77. The first kappa shape index (κ1) is 25.2. The number of hydrogen-bond donors (Lipinski definition) is 1. The van der Waals surface area contributed by atoms with Crippen molar-refractivity contribution in [2.24, 2.45) is 12.5 Å². The van der Waals surface area contributed by atoms with Crippen molar-refractivity contribution in [3.63, 3.8) is 0 Å². The van der Waals surface area contributed by atoms with Gasteiger partial charge in [0.25, 0.3) is 0 Å². The lowest BCUT2D eigenvalue weighted by molar-refractivity contribution is -0.151. The number of carbonyl (C=O) groups excluding carboxylic acids is 1. The van der Waals surface area contributed by atoms with Gasteiger partial charge in [-0.1, -0.05) is 23.7 Å². The van der Waals surface area contributed by atoms with E-state index in [9.17, 15) is 14.4 Å². The summed E-state index contributed by atoms with van der Waals surface area (Å²) in [5, 5.41) is 4.72. The molecule has 36 heavy (non-hydrogen) atoms. The van der Waals surface area contributed by atoms with E-state index in [1.54, 1.807) is 38.1 Å². The summed E-state index contributed by atoms with van der Waals surface area (Å²) in [6, 6.07) is 14.9. The topological polar surface area (TPSA) is 100 Å². The van der Waals surface area contributed by atoms with Gasteiger partial charge in [0.05, 0.1) is 19.1 Å². The van der Waals surface area contributed by atoms with Gasteiger partial charge < -0.3 is 14.6 Å². The summed E-state index contributed by atoms with van der Waals surface area (Å²) in [6.07, 6.45) is 0. The van der Waals surface area contributed by atoms with E-state index in [-0.39, 0.29) is 19.0 Å². The summed E-state index contributed by atoms with van der Waals surface area (Å²) in [7, 11) is 3.26. The van der Waals surface area contributed by atoms with Gasteiger partial charge in [-0.05, 0) is 62.7 Å². The summed E-state index contributed by atoms with van der Waals surface area (Å²) in [5.74, 6) is -0.439. The lowest BCUT2D eigenvalue weighted by atomic mass is 9.94. The molecule has 188 valence electrons. The predicted octanol–water partition coefficient (Wildman–Crippen LogP) is 3.85. The van der Waals surface area contributed by atoms with Crippen LogP contribution in [0.3, 0.4) is 0 Å². The Labute approximate surface area is 212 Å². The molecule has 0 radical (unpaired) electrons. The lowest BCUT2D eigenvalue weighted by Gasteiger charge is -2.23. The van der Waals surface area contributed by atoms with Crippen LogP contribution in [0.5, 0.6) is 0 Å². The first-order valence-electron chi connectivity index (χ1n) is 11.4. The quantitative estimate of drug-likeness (QED) is 0.380. The number of hydrogen-bond acceptors (Lipinski definition) is 6. The molecule has 0 aliphatic heterocycles. The Morgan fingerprint density at radius 1 is 1.08 bits per heavy atom. The molecule has 2 heterocycles. The summed E-state index contributed by atoms with van der Waals surface area (Å²) >= 11 is 6.02. The van der Waals surface area contributed by atoms with E-state index in [0.29, 0.717) is 10.7 Å². The van der Waals surface area contributed by atoms with Gasteiger partial charge in [0, 0.05) is 40.9 Å². The molecule has 0 fully saturated rings. The summed E-state index contributed by atoms with van der Waals surface area (Å²) in [6.45, 7) is 5.19. The summed E-state index contributed by atoms with van der Waals surface area (Å²) in [4.78, 5) is 43.0. The third kappa shape index (κ3) is 4.92. The van der Waals surface area contributed by atoms with Gasteiger partial charge in [0.15, 0.2) is 0 Å².